The van der Waals surface area contributed by atoms with Gasteiger partial charge in [-0.25, -0.2) is 0 Å². The number of amides is 1. The molecule has 0 spiro atoms. The van der Waals surface area contributed by atoms with E-state index in [0.29, 0.717) is 45.0 Å². The minimum Gasteiger partial charge on any atom is -0.397 e. The highest BCUT2D eigenvalue weighted by Crippen LogP contribution is 2.19. The predicted molar refractivity (Wildman–Crippen MR) is 76.1 cm³/mol. The zero-order valence-corrected chi connectivity index (χ0v) is 11.3. The van der Waals surface area contributed by atoms with Gasteiger partial charge in [0, 0.05) is 26.1 Å². The summed E-state index contributed by atoms with van der Waals surface area (Å²) in [6.45, 7) is 5.30. The number of morpholine rings is 1. The summed E-state index contributed by atoms with van der Waals surface area (Å²) >= 11 is 0. The number of hydrogen-bond donors (Lipinski definition) is 2. The Morgan fingerprint density at radius 2 is 2.16 bits per heavy atom. The maximum absolute atomic E-state index is 11.9. The third kappa shape index (κ3) is 3.86. The second-order valence-corrected chi connectivity index (χ2v) is 4.76. The van der Waals surface area contributed by atoms with Gasteiger partial charge in [-0.15, -0.1) is 0 Å². The molecule has 1 fully saturated rings. The normalized spacial score (nSPS) is 15.3. The molecule has 1 saturated heterocycles. The lowest BCUT2D eigenvalue weighted by molar-refractivity contribution is -0.134. The molecule has 2 rings (SSSR count). The molecular formula is C14H21N3O2. The fourth-order valence-electron chi connectivity index (χ4n) is 2.10. The van der Waals surface area contributed by atoms with Gasteiger partial charge < -0.3 is 20.7 Å². The largest absolute Gasteiger partial charge is 0.397 e. The van der Waals surface area contributed by atoms with E-state index in [1.165, 1.54) is 0 Å². The summed E-state index contributed by atoms with van der Waals surface area (Å²) in [5.74, 6) is 0.169. The molecule has 0 unspecified atom stereocenters. The summed E-state index contributed by atoms with van der Waals surface area (Å²) in [7, 11) is 0. The van der Waals surface area contributed by atoms with Gasteiger partial charge in [0.1, 0.15) is 0 Å². The summed E-state index contributed by atoms with van der Waals surface area (Å²) in [4.78, 5) is 13.8. The van der Waals surface area contributed by atoms with E-state index >= 15 is 0 Å². The van der Waals surface area contributed by atoms with Crippen LogP contribution in [0.3, 0.4) is 0 Å². The van der Waals surface area contributed by atoms with Crippen LogP contribution in [0.2, 0.25) is 0 Å². The van der Waals surface area contributed by atoms with Crippen molar-refractivity contribution in [3.63, 3.8) is 0 Å². The molecule has 0 bridgehead atoms. The van der Waals surface area contributed by atoms with E-state index in [4.69, 9.17) is 10.5 Å². The number of ether oxygens (including phenoxy) is 1. The van der Waals surface area contributed by atoms with Crippen molar-refractivity contribution in [2.45, 2.75) is 13.3 Å². The minimum atomic E-state index is 0.169. The number of benzene rings is 1. The predicted octanol–water partition coefficient (Wildman–Crippen LogP) is 1.24. The standard InChI is InChI=1S/C14H21N3O2/c1-11-2-3-12(15)13(10-11)16-5-4-14(18)17-6-8-19-9-7-17/h2-3,10,16H,4-9,15H2,1H3. The van der Waals surface area contributed by atoms with Gasteiger partial charge in [-0.1, -0.05) is 6.07 Å². The van der Waals surface area contributed by atoms with E-state index in [-0.39, 0.29) is 5.91 Å². The minimum absolute atomic E-state index is 0.169. The van der Waals surface area contributed by atoms with Crippen LogP contribution >= 0.6 is 0 Å². The van der Waals surface area contributed by atoms with E-state index in [2.05, 4.69) is 5.32 Å². The van der Waals surface area contributed by atoms with Crippen molar-refractivity contribution in [1.29, 1.82) is 0 Å². The molecule has 0 atom stereocenters. The van der Waals surface area contributed by atoms with Crippen LogP contribution in [-0.2, 0) is 9.53 Å². The molecule has 0 saturated carbocycles. The zero-order valence-electron chi connectivity index (χ0n) is 11.3. The van der Waals surface area contributed by atoms with Crippen molar-refractivity contribution in [2.24, 2.45) is 0 Å². The van der Waals surface area contributed by atoms with Crippen LogP contribution in [0.25, 0.3) is 0 Å². The van der Waals surface area contributed by atoms with Crippen molar-refractivity contribution >= 4 is 17.3 Å². The van der Waals surface area contributed by atoms with Gasteiger partial charge in [-0.05, 0) is 24.6 Å². The summed E-state index contributed by atoms with van der Waals surface area (Å²) in [6.07, 6.45) is 0.480. The van der Waals surface area contributed by atoms with E-state index in [1.807, 2.05) is 30.0 Å². The Kier molecular flexibility index (Phi) is 4.63. The highest BCUT2D eigenvalue weighted by Gasteiger charge is 2.16. The van der Waals surface area contributed by atoms with Crippen molar-refractivity contribution < 1.29 is 9.53 Å². The van der Waals surface area contributed by atoms with Gasteiger partial charge in [0.05, 0.1) is 24.6 Å². The third-order valence-corrected chi connectivity index (χ3v) is 3.23. The first-order valence-corrected chi connectivity index (χ1v) is 6.62. The second kappa shape index (κ2) is 6.43. The van der Waals surface area contributed by atoms with Gasteiger partial charge in [0.15, 0.2) is 0 Å². The van der Waals surface area contributed by atoms with E-state index < -0.39 is 0 Å². The van der Waals surface area contributed by atoms with Crippen LogP contribution in [0.15, 0.2) is 18.2 Å². The van der Waals surface area contributed by atoms with Crippen molar-refractivity contribution in [1.82, 2.24) is 4.90 Å². The highest BCUT2D eigenvalue weighted by atomic mass is 16.5. The number of carbonyl (C=O) groups is 1. The monoisotopic (exact) mass is 263 g/mol. The Morgan fingerprint density at radius 3 is 2.89 bits per heavy atom. The second-order valence-electron chi connectivity index (χ2n) is 4.76. The molecule has 3 N–H and O–H groups in total. The Hall–Kier alpha value is -1.75. The van der Waals surface area contributed by atoms with Crippen LogP contribution in [0.4, 0.5) is 11.4 Å². The average molecular weight is 263 g/mol. The zero-order chi connectivity index (χ0) is 13.7. The average Bonchev–Trinajstić information content (AvgIpc) is 2.43. The Bertz CT molecular complexity index is 442. The van der Waals surface area contributed by atoms with Crippen LogP contribution < -0.4 is 11.1 Å². The number of nitrogens with one attached hydrogen (secondary N) is 1. The van der Waals surface area contributed by atoms with Gasteiger partial charge in [0.2, 0.25) is 5.91 Å². The molecular weight excluding hydrogens is 242 g/mol. The summed E-state index contributed by atoms with van der Waals surface area (Å²) < 4.78 is 5.23. The SMILES string of the molecule is Cc1ccc(N)c(NCCC(=O)N2CCOCC2)c1. The number of nitrogens with zero attached hydrogens (tertiary/aromatic N) is 1. The fraction of sp³-hybridized carbons (Fsp3) is 0.500. The quantitative estimate of drug-likeness (QED) is 0.802. The van der Waals surface area contributed by atoms with E-state index in [9.17, 15) is 4.79 Å². The lowest BCUT2D eigenvalue weighted by Crippen LogP contribution is -2.41. The maximum atomic E-state index is 11.9. The number of anilines is 2. The van der Waals surface area contributed by atoms with Crippen molar-refractivity contribution in [3.8, 4) is 0 Å². The highest BCUT2D eigenvalue weighted by molar-refractivity contribution is 5.77. The molecule has 1 heterocycles. The molecule has 0 aromatic heterocycles. The Morgan fingerprint density at radius 1 is 1.42 bits per heavy atom. The molecule has 0 radical (unpaired) electrons. The summed E-state index contributed by atoms with van der Waals surface area (Å²) in [6, 6.07) is 5.84. The molecule has 0 aliphatic carbocycles. The van der Waals surface area contributed by atoms with Gasteiger partial charge >= 0.3 is 0 Å². The van der Waals surface area contributed by atoms with Crippen LogP contribution in [0.1, 0.15) is 12.0 Å². The van der Waals surface area contributed by atoms with Gasteiger partial charge in [-0.3, -0.25) is 4.79 Å². The molecule has 5 heteroatoms. The van der Waals surface area contributed by atoms with Crippen LogP contribution in [0.5, 0.6) is 0 Å². The molecule has 1 aromatic rings. The number of aryl methyl sites for hydroxylation is 1. The smallest absolute Gasteiger partial charge is 0.224 e. The summed E-state index contributed by atoms with van der Waals surface area (Å²) in [5.41, 5.74) is 8.63. The van der Waals surface area contributed by atoms with Crippen LogP contribution in [0, 0.1) is 6.92 Å². The number of rotatable bonds is 4. The van der Waals surface area contributed by atoms with Crippen LogP contribution in [-0.4, -0.2) is 43.7 Å². The number of nitrogen functional groups attached to an aromatic ring is 1. The molecule has 19 heavy (non-hydrogen) atoms. The Labute approximate surface area is 113 Å². The number of nitrogens with two attached hydrogens (primary N) is 1. The lowest BCUT2D eigenvalue weighted by Gasteiger charge is -2.27. The van der Waals surface area contributed by atoms with E-state index in [0.717, 1.165) is 11.3 Å². The number of carbonyl (C=O) groups excluding carboxylic acids is 1. The summed E-state index contributed by atoms with van der Waals surface area (Å²) in [5, 5.41) is 3.22. The number of hydrogen-bond acceptors (Lipinski definition) is 4. The maximum Gasteiger partial charge on any atom is 0.224 e. The first-order chi connectivity index (χ1) is 9.16. The third-order valence-electron chi connectivity index (χ3n) is 3.23. The van der Waals surface area contributed by atoms with Gasteiger partial charge in [-0.2, -0.15) is 0 Å². The molecule has 5 nitrogen and oxygen atoms in total. The van der Waals surface area contributed by atoms with Crippen molar-refractivity contribution in [3.05, 3.63) is 23.8 Å². The first kappa shape index (κ1) is 13.7. The Balaban J connectivity index is 1.79. The molecule has 104 valence electrons. The van der Waals surface area contributed by atoms with Crippen molar-refractivity contribution in [2.75, 3.05) is 43.9 Å². The first-order valence-electron chi connectivity index (χ1n) is 6.62. The topological polar surface area (TPSA) is 67.6 Å². The molecule has 1 amide bonds. The lowest BCUT2D eigenvalue weighted by atomic mass is 10.2. The molecule has 1 aliphatic rings. The van der Waals surface area contributed by atoms with E-state index in [1.54, 1.807) is 0 Å². The fourth-order valence-corrected chi connectivity index (χ4v) is 2.10. The molecule has 1 aromatic carbocycles. The van der Waals surface area contributed by atoms with Gasteiger partial charge in [0.25, 0.3) is 0 Å². The molecule has 1 aliphatic heterocycles.